The highest BCUT2D eigenvalue weighted by Crippen LogP contribution is 2.24. The van der Waals surface area contributed by atoms with Gasteiger partial charge in [0.1, 0.15) is 6.29 Å². The topological polar surface area (TPSA) is 20.3 Å². The number of aldehydes is 1. The van der Waals surface area contributed by atoms with Crippen LogP contribution in [0.25, 0.3) is 12.2 Å². The maximum atomic E-state index is 11.6. The second-order valence-corrected chi connectivity index (χ2v) is 11.2. The Labute approximate surface area is 237 Å². The molecule has 4 bridgehead atoms. The zero-order chi connectivity index (χ0) is 27.3. The summed E-state index contributed by atoms with van der Waals surface area (Å²) < 4.78 is 0. The van der Waals surface area contributed by atoms with Gasteiger partial charge in [0, 0.05) is 24.3 Å². The van der Waals surface area contributed by atoms with Crippen molar-refractivity contribution in [2.24, 2.45) is 0 Å². The van der Waals surface area contributed by atoms with Gasteiger partial charge in [-0.1, -0.05) is 107 Å². The van der Waals surface area contributed by atoms with E-state index >= 15 is 0 Å². The van der Waals surface area contributed by atoms with Crippen molar-refractivity contribution in [3.63, 3.8) is 0 Å². The van der Waals surface area contributed by atoms with Crippen LogP contribution in [0.5, 0.6) is 0 Å². The fourth-order valence-corrected chi connectivity index (χ4v) is 5.69. The quantitative estimate of drug-likeness (QED) is 0.120. The molecule has 0 N–H and O–H groups in total. The zero-order valence-electron chi connectivity index (χ0n) is 24.3. The van der Waals surface area contributed by atoms with Gasteiger partial charge < -0.3 is 4.90 Å². The number of anilines is 1. The minimum atomic E-state index is 0.853. The number of unbranched alkanes of at least 4 members (excludes halogenated alkanes) is 6. The molecule has 2 nitrogen and oxygen atoms in total. The molecule has 0 amide bonds. The summed E-state index contributed by atoms with van der Waals surface area (Å²) in [6.45, 7) is 6.89. The van der Waals surface area contributed by atoms with E-state index in [1.54, 1.807) is 0 Å². The number of hydrogen-bond donors (Lipinski definition) is 0. The summed E-state index contributed by atoms with van der Waals surface area (Å²) in [5, 5.41) is 0. The predicted molar refractivity (Wildman–Crippen MR) is 169 cm³/mol. The smallest absolute Gasteiger partial charge is 0.150 e. The molecule has 0 saturated carbocycles. The Morgan fingerprint density at radius 3 is 1.74 bits per heavy atom. The lowest BCUT2D eigenvalue weighted by Gasteiger charge is -2.25. The molecule has 206 valence electrons. The van der Waals surface area contributed by atoms with Crippen LogP contribution in [0, 0.1) is 0 Å². The van der Waals surface area contributed by atoms with Crippen molar-refractivity contribution in [3.05, 3.63) is 99.6 Å². The number of carbonyl (C=O) groups excluding carboxylic acids is 1. The van der Waals surface area contributed by atoms with Gasteiger partial charge in [0.15, 0.2) is 0 Å². The minimum absolute atomic E-state index is 0.853. The van der Waals surface area contributed by atoms with Crippen molar-refractivity contribution in [2.45, 2.75) is 90.9 Å². The Balaban J connectivity index is 1.46. The first-order valence-corrected chi connectivity index (χ1v) is 15.4. The molecular weight excluding hydrogens is 474 g/mol. The van der Waals surface area contributed by atoms with Crippen LogP contribution in [-0.2, 0) is 25.7 Å². The largest absolute Gasteiger partial charge is 0.372 e. The van der Waals surface area contributed by atoms with Crippen molar-refractivity contribution < 1.29 is 4.79 Å². The normalized spacial score (nSPS) is 13.0. The van der Waals surface area contributed by atoms with Gasteiger partial charge >= 0.3 is 0 Å². The first-order valence-electron chi connectivity index (χ1n) is 15.4. The maximum absolute atomic E-state index is 11.6. The van der Waals surface area contributed by atoms with Gasteiger partial charge in [0.2, 0.25) is 0 Å². The predicted octanol–water partition coefficient (Wildman–Crippen LogP) is 9.52. The number of nitrogens with zero attached hydrogens (tertiary/aromatic N) is 1. The molecule has 3 aromatic carbocycles. The minimum Gasteiger partial charge on any atom is -0.372 e. The highest BCUT2D eigenvalue weighted by Gasteiger charge is 2.10. The molecule has 0 unspecified atom stereocenters. The van der Waals surface area contributed by atoms with Crippen molar-refractivity contribution in [2.75, 3.05) is 18.0 Å². The number of carbonyl (C=O) groups is 1. The third-order valence-corrected chi connectivity index (χ3v) is 8.19. The summed E-state index contributed by atoms with van der Waals surface area (Å²) in [6.07, 6.45) is 19.8. The van der Waals surface area contributed by atoms with Crippen molar-refractivity contribution in [3.8, 4) is 0 Å². The van der Waals surface area contributed by atoms with Crippen LogP contribution in [0.4, 0.5) is 5.69 Å². The second-order valence-electron chi connectivity index (χ2n) is 11.2. The lowest BCUT2D eigenvalue weighted by Crippen LogP contribution is -2.25. The van der Waals surface area contributed by atoms with Crippen molar-refractivity contribution >= 4 is 24.1 Å². The molecule has 0 aromatic heterocycles. The van der Waals surface area contributed by atoms with Crippen LogP contribution >= 0.6 is 0 Å². The average molecular weight is 522 g/mol. The highest BCUT2D eigenvalue weighted by molar-refractivity contribution is 5.78. The number of rotatable bonds is 14. The van der Waals surface area contributed by atoms with E-state index < -0.39 is 0 Å². The summed E-state index contributed by atoms with van der Waals surface area (Å²) in [5.74, 6) is 0. The number of aryl methyl sites for hydroxylation is 4. The zero-order valence-corrected chi connectivity index (χ0v) is 24.3. The SMILES string of the molecule is CCCCCCN(CCCCCC)c1ccc(/C=C/c2cc3ccc2CCc2ccc(c(C=O)c2)CC3)cc1. The van der Waals surface area contributed by atoms with Crippen LogP contribution < -0.4 is 4.90 Å². The Morgan fingerprint density at radius 1 is 0.615 bits per heavy atom. The van der Waals surface area contributed by atoms with E-state index in [-0.39, 0.29) is 0 Å². The molecule has 0 spiro atoms. The standard InChI is InChI=1S/C37H47NO/c1-3-5-7-9-25-38(26-10-8-6-4-2)37-23-16-30(17-24-37)11-22-35-27-31-12-18-33(35)19-13-32-15-21-34(20-14-31)36(28-32)29-39/h11-12,15-18,21-24,27-29H,3-10,13-14,19-20,25-26H2,1-2H3/b22-11+. The first-order chi connectivity index (χ1) is 19.2. The van der Waals surface area contributed by atoms with Crippen molar-refractivity contribution in [1.29, 1.82) is 0 Å². The fourth-order valence-electron chi connectivity index (χ4n) is 5.69. The van der Waals surface area contributed by atoms with Gasteiger partial charge in [-0.2, -0.15) is 0 Å². The molecule has 4 aliphatic rings. The van der Waals surface area contributed by atoms with E-state index in [1.807, 2.05) is 0 Å². The molecule has 4 aliphatic carbocycles. The Kier molecular flexibility index (Phi) is 11.4. The Bertz CT molecular complexity index is 1190. The van der Waals surface area contributed by atoms with E-state index in [9.17, 15) is 4.79 Å². The van der Waals surface area contributed by atoms with Crippen LogP contribution in [0.2, 0.25) is 0 Å². The van der Waals surface area contributed by atoms with Gasteiger partial charge in [-0.05, 0) is 90.1 Å². The third-order valence-electron chi connectivity index (χ3n) is 8.19. The second kappa shape index (κ2) is 15.5. The van der Waals surface area contributed by atoms with Crippen LogP contribution in [0.3, 0.4) is 0 Å². The van der Waals surface area contributed by atoms with Gasteiger partial charge in [0.25, 0.3) is 0 Å². The Hall–Kier alpha value is -3.13. The number of benzene rings is 3. The summed E-state index contributed by atoms with van der Waals surface area (Å²) >= 11 is 0. The molecule has 0 saturated heterocycles. The van der Waals surface area contributed by atoms with Crippen LogP contribution in [-0.4, -0.2) is 19.4 Å². The average Bonchev–Trinajstić information content (AvgIpc) is 2.97. The molecule has 7 rings (SSSR count). The van der Waals surface area contributed by atoms with Crippen LogP contribution in [0.1, 0.15) is 109 Å². The van der Waals surface area contributed by atoms with E-state index in [0.29, 0.717) is 0 Å². The summed E-state index contributed by atoms with van der Waals surface area (Å²) in [5.41, 5.74) is 9.87. The van der Waals surface area contributed by atoms with Gasteiger partial charge in [-0.15, -0.1) is 0 Å². The molecule has 0 atom stereocenters. The van der Waals surface area contributed by atoms with Crippen molar-refractivity contribution in [1.82, 2.24) is 0 Å². The molecule has 0 fully saturated rings. The lowest BCUT2D eigenvalue weighted by atomic mass is 9.91. The maximum Gasteiger partial charge on any atom is 0.150 e. The van der Waals surface area contributed by atoms with E-state index in [2.05, 4.69) is 91.6 Å². The van der Waals surface area contributed by atoms with E-state index in [0.717, 1.165) is 56.2 Å². The Morgan fingerprint density at radius 2 is 1.18 bits per heavy atom. The molecular formula is C37H47NO. The number of hydrogen-bond acceptors (Lipinski definition) is 2. The van der Waals surface area contributed by atoms with Crippen LogP contribution in [0.15, 0.2) is 60.7 Å². The molecule has 0 heterocycles. The van der Waals surface area contributed by atoms with Gasteiger partial charge in [-0.25, -0.2) is 0 Å². The van der Waals surface area contributed by atoms with Gasteiger partial charge in [0.05, 0.1) is 0 Å². The van der Waals surface area contributed by atoms with Gasteiger partial charge in [-0.3, -0.25) is 4.79 Å². The van der Waals surface area contributed by atoms with E-state index in [1.165, 1.54) is 84.9 Å². The summed E-state index contributed by atoms with van der Waals surface area (Å²) in [6, 6.07) is 22.5. The third kappa shape index (κ3) is 8.68. The molecule has 2 heteroatoms. The molecule has 0 aliphatic heterocycles. The molecule has 0 radical (unpaired) electrons. The molecule has 39 heavy (non-hydrogen) atoms. The highest BCUT2D eigenvalue weighted by atomic mass is 16.1. The first kappa shape index (κ1) is 28.9. The molecule has 3 aromatic rings. The fraction of sp³-hybridized carbons (Fsp3) is 0.432. The summed E-state index contributed by atoms with van der Waals surface area (Å²) in [4.78, 5) is 14.2. The monoisotopic (exact) mass is 521 g/mol. The summed E-state index contributed by atoms with van der Waals surface area (Å²) in [7, 11) is 0. The lowest BCUT2D eigenvalue weighted by molar-refractivity contribution is 0.112. The van der Waals surface area contributed by atoms with E-state index in [4.69, 9.17) is 0 Å².